The lowest BCUT2D eigenvalue weighted by Crippen LogP contribution is -2.56. The van der Waals surface area contributed by atoms with Crippen LogP contribution in [-0.2, 0) is 16.1 Å². The predicted octanol–water partition coefficient (Wildman–Crippen LogP) is 7.64. The molecule has 1 aliphatic rings. The minimum Gasteiger partial charge on any atom is -0.445 e. The summed E-state index contributed by atoms with van der Waals surface area (Å²) in [5.41, 5.74) is 2.52. The Kier molecular flexibility index (Phi) is 8.38. The molecule has 3 aromatic carbocycles. The summed E-state index contributed by atoms with van der Waals surface area (Å²) in [6.07, 6.45) is 4.85. The van der Waals surface area contributed by atoms with E-state index in [1.807, 2.05) is 77.7 Å². The van der Waals surface area contributed by atoms with Gasteiger partial charge in [0, 0.05) is 0 Å². The maximum atomic E-state index is 13.7. The Morgan fingerprint density at radius 3 is 2.20 bits per heavy atom. The van der Waals surface area contributed by atoms with Crippen molar-refractivity contribution in [2.75, 3.05) is 6.54 Å². The SMILES string of the molecule is C=CC[C@@]1(CCCC)CN(C(=O)OCc2ccccc2)[C@H](c2ccccc2)[C@H](c2ccccc2)O1. The van der Waals surface area contributed by atoms with Gasteiger partial charge < -0.3 is 9.47 Å². The minimum absolute atomic E-state index is 0.234. The van der Waals surface area contributed by atoms with Crippen LogP contribution in [0.4, 0.5) is 4.79 Å². The van der Waals surface area contributed by atoms with E-state index in [0.717, 1.165) is 36.0 Å². The molecule has 35 heavy (non-hydrogen) atoms. The molecule has 4 rings (SSSR count). The van der Waals surface area contributed by atoms with Crippen molar-refractivity contribution < 1.29 is 14.3 Å². The lowest BCUT2D eigenvalue weighted by molar-refractivity contribution is -0.181. The number of rotatable bonds is 9. The first-order valence-electron chi connectivity index (χ1n) is 12.5. The highest BCUT2D eigenvalue weighted by molar-refractivity contribution is 5.69. The maximum Gasteiger partial charge on any atom is 0.410 e. The summed E-state index contributed by atoms with van der Waals surface area (Å²) in [5.74, 6) is 0. The molecule has 0 spiro atoms. The standard InChI is InChI=1S/C31H35NO3/c1-3-5-22-31(21-4-2)24-32(30(33)34-23-25-15-9-6-10-16-25)28(26-17-11-7-12-18-26)29(35-31)27-19-13-8-14-20-27/h4,6-20,28-29H,2-3,5,21-24H2,1H3/t28-,29+,31-/m1/s1. The molecule has 0 N–H and O–H groups in total. The van der Waals surface area contributed by atoms with Crippen molar-refractivity contribution in [2.24, 2.45) is 0 Å². The molecule has 4 nitrogen and oxygen atoms in total. The van der Waals surface area contributed by atoms with Gasteiger partial charge in [0.15, 0.2) is 0 Å². The van der Waals surface area contributed by atoms with E-state index >= 15 is 0 Å². The summed E-state index contributed by atoms with van der Waals surface area (Å²) in [6, 6.07) is 29.8. The van der Waals surface area contributed by atoms with Gasteiger partial charge in [0.1, 0.15) is 12.7 Å². The summed E-state index contributed by atoms with van der Waals surface area (Å²) in [4.78, 5) is 15.6. The molecule has 0 saturated carbocycles. The van der Waals surface area contributed by atoms with E-state index in [-0.39, 0.29) is 24.8 Å². The van der Waals surface area contributed by atoms with Gasteiger partial charge in [0.25, 0.3) is 0 Å². The third kappa shape index (κ3) is 6.01. The topological polar surface area (TPSA) is 38.8 Å². The number of amides is 1. The normalized spacial score (nSPS) is 21.9. The summed E-state index contributed by atoms with van der Waals surface area (Å²) >= 11 is 0. The number of hydrogen-bond donors (Lipinski definition) is 0. The molecular weight excluding hydrogens is 434 g/mol. The third-order valence-corrected chi connectivity index (χ3v) is 6.67. The Morgan fingerprint density at radius 1 is 1.00 bits per heavy atom. The van der Waals surface area contributed by atoms with Gasteiger partial charge in [-0.15, -0.1) is 6.58 Å². The van der Waals surface area contributed by atoms with Gasteiger partial charge >= 0.3 is 6.09 Å². The number of carbonyl (C=O) groups is 1. The van der Waals surface area contributed by atoms with Crippen molar-refractivity contribution in [3.8, 4) is 0 Å². The van der Waals surface area contributed by atoms with E-state index in [1.165, 1.54) is 0 Å². The van der Waals surface area contributed by atoms with Gasteiger partial charge in [0.05, 0.1) is 18.2 Å². The van der Waals surface area contributed by atoms with Crippen LogP contribution < -0.4 is 0 Å². The van der Waals surface area contributed by atoms with Gasteiger partial charge in [-0.25, -0.2) is 4.79 Å². The average molecular weight is 470 g/mol. The molecule has 0 unspecified atom stereocenters. The van der Waals surface area contributed by atoms with Gasteiger partial charge in [-0.3, -0.25) is 4.90 Å². The van der Waals surface area contributed by atoms with Crippen molar-refractivity contribution in [2.45, 2.75) is 57.0 Å². The predicted molar refractivity (Wildman–Crippen MR) is 140 cm³/mol. The van der Waals surface area contributed by atoms with E-state index in [2.05, 4.69) is 37.8 Å². The van der Waals surface area contributed by atoms with E-state index in [9.17, 15) is 4.79 Å². The molecular formula is C31H35NO3. The maximum absolute atomic E-state index is 13.7. The molecule has 1 fully saturated rings. The number of carbonyl (C=O) groups excluding carboxylic acids is 1. The molecule has 0 aromatic heterocycles. The van der Waals surface area contributed by atoms with Crippen LogP contribution >= 0.6 is 0 Å². The zero-order valence-corrected chi connectivity index (χ0v) is 20.5. The average Bonchev–Trinajstić information content (AvgIpc) is 2.92. The quantitative estimate of drug-likeness (QED) is 0.302. The van der Waals surface area contributed by atoms with Crippen molar-refractivity contribution in [1.29, 1.82) is 0 Å². The molecule has 1 amide bonds. The lowest BCUT2D eigenvalue weighted by Gasteiger charge is -2.50. The van der Waals surface area contributed by atoms with Crippen LogP contribution in [0.5, 0.6) is 0 Å². The number of morpholine rings is 1. The zero-order valence-electron chi connectivity index (χ0n) is 20.5. The fourth-order valence-electron chi connectivity index (χ4n) is 4.94. The molecule has 4 heteroatoms. The smallest absolute Gasteiger partial charge is 0.410 e. The number of hydrogen-bond acceptors (Lipinski definition) is 3. The van der Waals surface area contributed by atoms with E-state index in [1.54, 1.807) is 0 Å². The summed E-state index contributed by atoms with van der Waals surface area (Å²) < 4.78 is 12.9. The van der Waals surface area contributed by atoms with Crippen molar-refractivity contribution in [3.63, 3.8) is 0 Å². The first kappa shape index (κ1) is 24.7. The van der Waals surface area contributed by atoms with E-state index in [4.69, 9.17) is 9.47 Å². The minimum atomic E-state index is -0.519. The fraction of sp³-hybridized carbons (Fsp3) is 0.323. The third-order valence-electron chi connectivity index (χ3n) is 6.67. The monoisotopic (exact) mass is 469 g/mol. The van der Waals surface area contributed by atoms with Crippen LogP contribution in [0.15, 0.2) is 104 Å². The Hall–Kier alpha value is -3.37. The van der Waals surface area contributed by atoms with Crippen molar-refractivity contribution in [1.82, 2.24) is 4.90 Å². The molecule has 3 atom stereocenters. The Bertz CT molecular complexity index is 1070. The summed E-state index contributed by atoms with van der Waals surface area (Å²) in [6.45, 7) is 6.88. The molecule has 3 aromatic rings. The van der Waals surface area contributed by atoms with Crippen LogP contribution in [0, 0.1) is 0 Å². The van der Waals surface area contributed by atoms with Crippen molar-refractivity contribution in [3.05, 3.63) is 120 Å². The summed E-state index contributed by atoms with van der Waals surface area (Å²) in [5, 5.41) is 0. The Morgan fingerprint density at radius 2 is 1.60 bits per heavy atom. The second-order valence-corrected chi connectivity index (χ2v) is 9.25. The number of benzene rings is 3. The highest BCUT2D eigenvalue weighted by Gasteiger charge is 2.48. The molecule has 1 saturated heterocycles. The van der Waals surface area contributed by atoms with Gasteiger partial charge in [-0.2, -0.15) is 0 Å². The highest BCUT2D eigenvalue weighted by atomic mass is 16.6. The fourth-order valence-corrected chi connectivity index (χ4v) is 4.94. The molecule has 1 heterocycles. The first-order valence-corrected chi connectivity index (χ1v) is 12.5. The molecule has 0 aliphatic carbocycles. The van der Waals surface area contributed by atoms with Gasteiger partial charge in [0.2, 0.25) is 0 Å². The number of nitrogens with zero attached hydrogens (tertiary/aromatic N) is 1. The number of unbranched alkanes of at least 4 members (excludes halogenated alkanes) is 1. The second-order valence-electron chi connectivity index (χ2n) is 9.25. The van der Waals surface area contributed by atoms with E-state index < -0.39 is 5.60 Å². The Labute approximate surface area is 209 Å². The molecule has 0 bridgehead atoms. The highest BCUT2D eigenvalue weighted by Crippen LogP contribution is 2.47. The molecule has 182 valence electrons. The second kappa shape index (κ2) is 11.9. The van der Waals surface area contributed by atoms with Gasteiger partial charge in [-0.05, 0) is 29.5 Å². The lowest BCUT2D eigenvalue weighted by atomic mass is 9.84. The molecule has 1 aliphatic heterocycles. The van der Waals surface area contributed by atoms with Gasteiger partial charge in [-0.1, -0.05) is 117 Å². The van der Waals surface area contributed by atoms with Crippen molar-refractivity contribution >= 4 is 6.09 Å². The number of ether oxygens (including phenoxy) is 2. The van der Waals surface area contributed by atoms with Crippen LogP contribution in [0.25, 0.3) is 0 Å². The van der Waals surface area contributed by atoms with E-state index in [0.29, 0.717) is 13.0 Å². The van der Waals surface area contributed by atoms with Crippen LogP contribution in [0.1, 0.15) is 61.4 Å². The molecule has 0 radical (unpaired) electrons. The van der Waals surface area contributed by atoms with Crippen LogP contribution in [-0.4, -0.2) is 23.1 Å². The summed E-state index contributed by atoms with van der Waals surface area (Å²) in [7, 11) is 0. The first-order chi connectivity index (χ1) is 17.2. The van der Waals surface area contributed by atoms with Crippen LogP contribution in [0.2, 0.25) is 0 Å². The van der Waals surface area contributed by atoms with Crippen LogP contribution in [0.3, 0.4) is 0 Å². The zero-order chi connectivity index (χ0) is 24.5. The largest absolute Gasteiger partial charge is 0.445 e. The Balaban J connectivity index is 1.74.